The maximum Gasteiger partial charge on any atom is 0.277 e. The van der Waals surface area contributed by atoms with Crippen LogP contribution in [0.1, 0.15) is 25.3 Å². The standard InChI is InChI=1S/C22H26N2O4/c1-3-5-14-27-19-9-11-20(12-10-19)28-17-22(25)24-23-16-18-7-6-8-21(15-18)26-13-4-2/h4,6-12,15-16H,2-3,5,13-14,17H2,1H3,(H,24,25)/b23-16-. The van der Waals surface area contributed by atoms with Gasteiger partial charge in [0.05, 0.1) is 12.8 Å². The van der Waals surface area contributed by atoms with Crippen molar-refractivity contribution in [3.8, 4) is 17.2 Å². The second-order valence-electron chi connectivity index (χ2n) is 5.93. The molecular weight excluding hydrogens is 356 g/mol. The molecule has 0 aliphatic heterocycles. The Hall–Kier alpha value is -3.28. The van der Waals surface area contributed by atoms with Gasteiger partial charge in [-0.25, -0.2) is 5.43 Å². The number of hydrogen-bond donors (Lipinski definition) is 1. The van der Waals surface area contributed by atoms with Crippen LogP contribution in [0.25, 0.3) is 0 Å². The van der Waals surface area contributed by atoms with Crippen molar-refractivity contribution in [2.45, 2.75) is 19.8 Å². The van der Waals surface area contributed by atoms with Gasteiger partial charge in [0, 0.05) is 0 Å². The molecule has 6 heteroatoms. The number of nitrogens with one attached hydrogen (secondary N) is 1. The fourth-order valence-corrected chi connectivity index (χ4v) is 2.17. The number of benzene rings is 2. The molecule has 0 saturated heterocycles. The molecule has 148 valence electrons. The minimum atomic E-state index is -0.349. The molecule has 2 rings (SSSR count). The van der Waals surface area contributed by atoms with Crippen LogP contribution in [0, 0.1) is 0 Å². The number of carbonyl (C=O) groups is 1. The van der Waals surface area contributed by atoms with Crippen LogP contribution < -0.4 is 19.6 Å². The molecule has 0 atom stereocenters. The van der Waals surface area contributed by atoms with Crippen LogP contribution in [0.4, 0.5) is 0 Å². The SMILES string of the molecule is C=CCOc1cccc(/C=N\NC(=O)COc2ccc(OCCCC)cc2)c1. The molecule has 1 N–H and O–H groups in total. The van der Waals surface area contributed by atoms with E-state index in [0.29, 0.717) is 24.7 Å². The van der Waals surface area contributed by atoms with E-state index in [2.05, 4.69) is 24.0 Å². The molecule has 0 aliphatic carbocycles. The second-order valence-corrected chi connectivity index (χ2v) is 5.93. The molecule has 0 heterocycles. The van der Waals surface area contributed by atoms with Gasteiger partial charge in [-0.1, -0.05) is 38.1 Å². The van der Waals surface area contributed by atoms with Crippen molar-refractivity contribution in [3.63, 3.8) is 0 Å². The topological polar surface area (TPSA) is 69.2 Å². The van der Waals surface area contributed by atoms with Gasteiger partial charge in [0.25, 0.3) is 5.91 Å². The Morgan fingerprint density at radius 3 is 2.54 bits per heavy atom. The number of carbonyl (C=O) groups excluding carboxylic acids is 1. The van der Waals surface area contributed by atoms with Crippen molar-refractivity contribution in [3.05, 3.63) is 66.7 Å². The molecule has 0 fully saturated rings. The first kappa shape index (κ1) is 21.0. The molecule has 28 heavy (non-hydrogen) atoms. The summed E-state index contributed by atoms with van der Waals surface area (Å²) < 4.78 is 16.5. The second kappa shape index (κ2) is 12.2. The first-order chi connectivity index (χ1) is 13.7. The maximum atomic E-state index is 11.8. The third-order valence-corrected chi connectivity index (χ3v) is 3.59. The molecule has 0 aliphatic rings. The third kappa shape index (κ3) is 7.95. The van der Waals surface area contributed by atoms with Crippen LogP contribution >= 0.6 is 0 Å². The molecule has 0 radical (unpaired) electrons. The highest BCUT2D eigenvalue weighted by atomic mass is 16.5. The van der Waals surface area contributed by atoms with E-state index >= 15 is 0 Å². The Kier molecular flexibility index (Phi) is 9.14. The largest absolute Gasteiger partial charge is 0.494 e. The van der Waals surface area contributed by atoms with Gasteiger partial charge < -0.3 is 14.2 Å². The Morgan fingerprint density at radius 2 is 1.82 bits per heavy atom. The lowest BCUT2D eigenvalue weighted by molar-refractivity contribution is -0.123. The zero-order valence-corrected chi connectivity index (χ0v) is 16.1. The van der Waals surface area contributed by atoms with Crippen LogP contribution in [0.5, 0.6) is 17.2 Å². The van der Waals surface area contributed by atoms with Crippen molar-refractivity contribution < 1.29 is 19.0 Å². The van der Waals surface area contributed by atoms with Crippen LogP contribution in [0.2, 0.25) is 0 Å². The zero-order valence-electron chi connectivity index (χ0n) is 16.1. The van der Waals surface area contributed by atoms with E-state index in [1.54, 1.807) is 24.4 Å². The minimum Gasteiger partial charge on any atom is -0.494 e. The van der Waals surface area contributed by atoms with Crippen LogP contribution in [0.15, 0.2) is 66.3 Å². The minimum absolute atomic E-state index is 0.129. The Bertz CT molecular complexity index is 772. The summed E-state index contributed by atoms with van der Waals surface area (Å²) in [4.78, 5) is 11.8. The fraction of sp³-hybridized carbons (Fsp3) is 0.273. The summed E-state index contributed by atoms with van der Waals surface area (Å²) in [5.74, 6) is 1.74. The molecule has 2 aromatic rings. The predicted octanol–water partition coefficient (Wildman–Crippen LogP) is 3.96. The van der Waals surface area contributed by atoms with E-state index in [1.165, 1.54) is 0 Å². The van der Waals surface area contributed by atoms with Crippen LogP contribution in [0.3, 0.4) is 0 Å². The predicted molar refractivity (Wildman–Crippen MR) is 110 cm³/mol. The van der Waals surface area contributed by atoms with Crippen molar-refractivity contribution in [1.29, 1.82) is 0 Å². The van der Waals surface area contributed by atoms with Gasteiger partial charge in [0.15, 0.2) is 6.61 Å². The number of ether oxygens (including phenoxy) is 3. The lowest BCUT2D eigenvalue weighted by Gasteiger charge is -2.08. The molecule has 0 bridgehead atoms. The quantitative estimate of drug-likeness (QED) is 0.261. The molecule has 1 amide bonds. The highest BCUT2D eigenvalue weighted by molar-refractivity contribution is 5.83. The summed E-state index contributed by atoms with van der Waals surface area (Å²) in [6, 6.07) is 14.6. The highest BCUT2D eigenvalue weighted by Gasteiger charge is 2.02. The summed E-state index contributed by atoms with van der Waals surface area (Å²) >= 11 is 0. The van der Waals surface area contributed by atoms with Gasteiger partial charge in [-0.2, -0.15) is 5.10 Å². The summed E-state index contributed by atoms with van der Waals surface area (Å²) in [7, 11) is 0. The van der Waals surface area contributed by atoms with Crippen molar-refractivity contribution >= 4 is 12.1 Å². The fourth-order valence-electron chi connectivity index (χ4n) is 2.17. The number of unbranched alkanes of at least 4 members (excludes halogenated alkanes) is 1. The van der Waals surface area contributed by atoms with Gasteiger partial charge in [-0.15, -0.1) is 0 Å². The highest BCUT2D eigenvalue weighted by Crippen LogP contribution is 2.17. The van der Waals surface area contributed by atoms with Gasteiger partial charge in [0.1, 0.15) is 23.9 Å². The van der Waals surface area contributed by atoms with Gasteiger partial charge in [-0.05, 0) is 48.4 Å². The smallest absolute Gasteiger partial charge is 0.277 e. The molecule has 0 saturated carbocycles. The number of rotatable bonds is 12. The van der Waals surface area contributed by atoms with Gasteiger partial charge in [-0.3, -0.25) is 4.79 Å². The molecule has 6 nitrogen and oxygen atoms in total. The van der Waals surface area contributed by atoms with Crippen LogP contribution in [-0.2, 0) is 4.79 Å². The maximum absolute atomic E-state index is 11.8. The summed E-state index contributed by atoms with van der Waals surface area (Å²) in [5.41, 5.74) is 3.24. The van der Waals surface area contributed by atoms with E-state index in [-0.39, 0.29) is 12.5 Å². The summed E-state index contributed by atoms with van der Waals surface area (Å²) in [6.07, 6.45) is 5.33. The monoisotopic (exact) mass is 382 g/mol. The van der Waals surface area contributed by atoms with E-state index in [9.17, 15) is 4.79 Å². The van der Waals surface area contributed by atoms with Crippen molar-refractivity contribution in [2.75, 3.05) is 19.8 Å². The average Bonchev–Trinajstić information content (AvgIpc) is 2.72. The van der Waals surface area contributed by atoms with E-state index < -0.39 is 0 Å². The number of amides is 1. The molecular formula is C22H26N2O4. The lowest BCUT2D eigenvalue weighted by atomic mass is 10.2. The molecule has 0 aromatic heterocycles. The van der Waals surface area contributed by atoms with E-state index in [1.807, 2.05) is 36.4 Å². The number of nitrogens with zero attached hydrogens (tertiary/aromatic N) is 1. The van der Waals surface area contributed by atoms with E-state index in [0.717, 1.165) is 24.2 Å². The molecule has 2 aromatic carbocycles. The van der Waals surface area contributed by atoms with Crippen molar-refractivity contribution in [1.82, 2.24) is 5.43 Å². The lowest BCUT2D eigenvalue weighted by Crippen LogP contribution is -2.24. The van der Waals surface area contributed by atoms with Gasteiger partial charge >= 0.3 is 0 Å². The molecule has 0 unspecified atom stereocenters. The van der Waals surface area contributed by atoms with Crippen LogP contribution in [-0.4, -0.2) is 31.9 Å². The summed E-state index contributed by atoms with van der Waals surface area (Å²) in [5, 5.41) is 3.93. The molecule has 0 spiro atoms. The Labute approximate surface area is 165 Å². The van der Waals surface area contributed by atoms with Gasteiger partial charge in [0.2, 0.25) is 0 Å². The normalized spacial score (nSPS) is 10.5. The number of hydrazone groups is 1. The first-order valence-corrected chi connectivity index (χ1v) is 9.22. The third-order valence-electron chi connectivity index (χ3n) is 3.59. The number of hydrogen-bond acceptors (Lipinski definition) is 5. The first-order valence-electron chi connectivity index (χ1n) is 9.22. The summed E-state index contributed by atoms with van der Waals surface area (Å²) in [6.45, 7) is 6.72. The Balaban J connectivity index is 1.73. The average molecular weight is 382 g/mol. The van der Waals surface area contributed by atoms with E-state index in [4.69, 9.17) is 14.2 Å². The zero-order chi connectivity index (χ0) is 20.0. The Morgan fingerprint density at radius 1 is 1.07 bits per heavy atom. The van der Waals surface area contributed by atoms with Crippen molar-refractivity contribution in [2.24, 2.45) is 5.10 Å².